The first-order valence-corrected chi connectivity index (χ1v) is 10.2. The van der Waals surface area contributed by atoms with Crippen LogP contribution < -0.4 is 14.8 Å². The molecule has 0 spiro atoms. The minimum absolute atomic E-state index is 0.416. The van der Waals surface area contributed by atoms with E-state index in [1.54, 1.807) is 12.4 Å². The highest BCUT2D eigenvalue weighted by Crippen LogP contribution is 2.37. The third-order valence-corrected chi connectivity index (χ3v) is 4.87. The minimum Gasteiger partial charge on any atom is -0.490 e. The molecule has 1 heterocycles. The molecule has 0 aliphatic heterocycles. The predicted octanol–water partition coefficient (Wildman–Crippen LogP) is 5.77. The molecule has 3 rings (SSSR count). The van der Waals surface area contributed by atoms with Crippen molar-refractivity contribution >= 4 is 27.5 Å². The van der Waals surface area contributed by atoms with Gasteiger partial charge >= 0.3 is 0 Å². The molecule has 0 unspecified atom stereocenters. The van der Waals surface area contributed by atoms with Crippen LogP contribution in [0.3, 0.4) is 0 Å². The standard InChI is InChI=1S/C22H22BrClN2O2/c1-2-27-21-12-18(14-26-13-16-6-8-25-9-7-16)11-20(23)22(21)28-15-17-4-3-5-19(24)10-17/h3-12,26H,2,13-15H2,1H3. The molecule has 0 bridgehead atoms. The fraction of sp³-hybridized carbons (Fsp3) is 0.227. The fourth-order valence-corrected chi connectivity index (χ4v) is 3.58. The maximum atomic E-state index is 6.05. The van der Waals surface area contributed by atoms with Crippen LogP contribution in [0.1, 0.15) is 23.6 Å². The largest absolute Gasteiger partial charge is 0.490 e. The van der Waals surface area contributed by atoms with Crippen molar-refractivity contribution in [2.24, 2.45) is 0 Å². The summed E-state index contributed by atoms with van der Waals surface area (Å²) in [7, 11) is 0. The Bertz CT molecular complexity index is 906. The van der Waals surface area contributed by atoms with Gasteiger partial charge in [-0.1, -0.05) is 23.7 Å². The molecule has 0 saturated carbocycles. The average Bonchev–Trinajstić information content (AvgIpc) is 2.68. The van der Waals surface area contributed by atoms with Crippen LogP contribution in [0.2, 0.25) is 5.02 Å². The molecule has 1 N–H and O–H groups in total. The van der Waals surface area contributed by atoms with E-state index in [4.69, 9.17) is 21.1 Å². The molecule has 28 heavy (non-hydrogen) atoms. The van der Waals surface area contributed by atoms with E-state index in [1.165, 1.54) is 5.56 Å². The van der Waals surface area contributed by atoms with Gasteiger partial charge in [-0.3, -0.25) is 4.98 Å². The molecular formula is C22H22BrClN2O2. The molecule has 0 fully saturated rings. The second-order valence-electron chi connectivity index (χ2n) is 6.22. The summed E-state index contributed by atoms with van der Waals surface area (Å²) >= 11 is 9.68. The lowest BCUT2D eigenvalue weighted by Crippen LogP contribution is -2.13. The van der Waals surface area contributed by atoms with E-state index in [1.807, 2.05) is 49.4 Å². The quantitative estimate of drug-likeness (QED) is 0.440. The molecule has 0 aliphatic rings. The van der Waals surface area contributed by atoms with Crippen LogP contribution >= 0.6 is 27.5 Å². The number of nitrogens with one attached hydrogen (secondary N) is 1. The van der Waals surface area contributed by atoms with E-state index in [-0.39, 0.29) is 0 Å². The van der Waals surface area contributed by atoms with Gasteiger partial charge in [0, 0.05) is 30.5 Å². The van der Waals surface area contributed by atoms with Crippen LogP contribution in [0.5, 0.6) is 11.5 Å². The van der Waals surface area contributed by atoms with Crippen molar-refractivity contribution in [1.82, 2.24) is 10.3 Å². The summed E-state index contributed by atoms with van der Waals surface area (Å²) in [5.74, 6) is 1.42. The summed E-state index contributed by atoms with van der Waals surface area (Å²) < 4.78 is 12.7. The first-order valence-electron chi connectivity index (χ1n) is 9.07. The monoisotopic (exact) mass is 460 g/mol. The summed E-state index contributed by atoms with van der Waals surface area (Å²) in [6.07, 6.45) is 3.60. The minimum atomic E-state index is 0.416. The molecule has 0 atom stereocenters. The highest BCUT2D eigenvalue weighted by Gasteiger charge is 2.13. The normalized spacial score (nSPS) is 10.7. The van der Waals surface area contributed by atoms with Gasteiger partial charge in [0.1, 0.15) is 6.61 Å². The number of nitrogens with zero attached hydrogens (tertiary/aromatic N) is 1. The molecule has 2 aromatic carbocycles. The van der Waals surface area contributed by atoms with Crippen molar-refractivity contribution in [2.75, 3.05) is 6.61 Å². The maximum Gasteiger partial charge on any atom is 0.175 e. The highest BCUT2D eigenvalue weighted by molar-refractivity contribution is 9.10. The zero-order valence-corrected chi connectivity index (χ0v) is 18.0. The molecule has 146 valence electrons. The Balaban J connectivity index is 1.68. The molecule has 0 saturated heterocycles. The van der Waals surface area contributed by atoms with Crippen molar-refractivity contribution < 1.29 is 9.47 Å². The summed E-state index contributed by atoms with van der Waals surface area (Å²) in [4.78, 5) is 4.04. The van der Waals surface area contributed by atoms with Crippen LogP contribution in [-0.2, 0) is 19.7 Å². The summed E-state index contributed by atoms with van der Waals surface area (Å²) in [5.41, 5.74) is 3.31. The zero-order chi connectivity index (χ0) is 19.8. The molecule has 6 heteroatoms. The predicted molar refractivity (Wildman–Crippen MR) is 116 cm³/mol. The number of aromatic nitrogens is 1. The van der Waals surface area contributed by atoms with Gasteiger partial charge in [0.25, 0.3) is 0 Å². The summed E-state index contributed by atoms with van der Waals surface area (Å²) in [6, 6.07) is 15.7. The lowest BCUT2D eigenvalue weighted by molar-refractivity contribution is 0.267. The van der Waals surface area contributed by atoms with Crippen molar-refractivity contribution in [3.63, 3.8) is 0 Å². The smallest absolute Gasteiger partial charge is 0.175 e. The first-order chi connectivity index (χ1) is 13.7. The molecule has 1 aromatic heterocycles. The van der Waals surface area contributed by atoms with E-state index < -0.39 is 0 Å². The lowest BCUT2D eigenvalue weighted by Gasteiger charge is -2.16. The Morgan fingerprint density at radius 3 is 2.50 bits per heavy atom. The second-order valence-corrected chi connectivity index (χ2v) is 7.51. The first kappa shape index (κ1) is 20.6. The Morgan fingerprint density at radius 2 is 1.75 bits per heavy atom. The van der Waals surface area contributed by atoms with Crippen molar-refractivity contribution in [3.05, 3.63) is 87.1 Å². The summed E-state index contributed by atoms with van der Waals surface area (Å²) in [6.45, 7) is 4.43. The average molecular weight is 462 g/mol. The van der Waals surface area contributed by atoms with Gasteiger partial charge in [0.2, 0.25) is 0 Å². The molecule has 0 radical (unpaired) electrons. The second kappa shape index (κ2) is 10.5. The number of halogens is 2. The van der Waals surface area contributed by atoms with Gasteiger partial charge < -0.3 is 14.8 Å². The molecule has 0 aliphatic carbocycles. The van der Waals surface area contributed by atoms with Gasteiger partial charge in [-0.25, -0.2) is 0 Å². The van der Waals surface area contributed by atoms with Crippen molar-refractivity contribution in [1.29, 1.82) is 0 Å². The third kappa shape index (κ3) is 5.96. The molecule has 4 nitrogen and oxygen atoms in total. The number of ether oxygens (including phenoxy) is 2. The van der Waals surface area contributed by atoms with Gasteiger partial charge in [-0.2, -0.15) is 0 Å². The van der Waals surface area contributed by atoms with Crippen molar-refractivity contribution in [2.45, 2.75) is 26.6 Å². The van der Waals surface area contributed by atoms with Crippen LogP contribution in [0.15, 0.2) is 65.4 Å². The Kier molecular flexibility index (Phi) is 7.71. The SMILES string of the molecule is CCOc1cc(CNCc2ccncc2)cc(Br)c1OCc1cccc(Cl)c1. The topological polar surface area (TPSA) is 43.4 Å². The lowest BCUT2D eigenvalue weighted by atomic mass is 10.2. The Labute approximate surface area is 179 Å². The molecule has 0 amide bonds. The zero-order valence-electron chi connectivity index (χ0n) is 15.6. The summed E-state index contributed by atoms with van der Waals surface area (Å²) in [5, 5.41) is 4.13. The number of hydrogen-bond donors (Lipinski definition) is 1. The van der Waals surface area contributed by atoms with Crippen LogP contribution in [0.25, 0.3) is 0 Å². The molecular weight excluding hydrogens is 440 g/mol. The third-order valence-electron chi connectivity index (χ3n) is 4.05. The highest BCUT2D eigenvalue weighted by atomic mass is 79.9. The van der Waals surface area contributed by atoms with E-state index >= 15 is 0 Å². The van der Waals surface area contributed by atoms with E-state index in [0.717, 1.165) is 34.4 Å². The van der Waals surface area contributed by atoms with Gasteiger partial charge in [0.05, 0.1) is 11.1 Å². The van der Waals surface area contributed by atoms with Crippen LogP contribution in [0, 0.1) is 0 Å². The van der Waals surface area contributed by atoms with Gasteiger partial charge in [-0.05, 0) is 75.9 Å². The van der Waals surface area contributed by atoms with E-state index in [0.29, 0.717) is 24.0 Å². The van der Waals surface area contributed by atoms with E-state index in [9.17, 15) is 0 Å². The number of pyridine rings is 1. The van der Waals surface area contributed by atoms with Crippen LogP contribution in [0.4, 0.5) is 0 Å². The van der Waals surface area contributed by atoms with Gasteiger partial charge in [-0.15, -0.1) is 0 Å². The molecule has 3 aromatic rings. The maximum absolute atomic E-state index is 6.05. The fourth-order valence-electron chi connectivity index (χ4n) is 2.76. The van der Waals surface area contributed by atoms with Gasteiger partial charge in [0.15, 0.2) is 11.5 Å². The van der Waals surface area contributed by atoms with Crippen molar-refractivity contribution in [3.8, 4) is 11.5 Å². The Hall–Kier alpha value is -2.08. The Morgan fingerprint density at radius 1 is 0.964 bits per heavy atom. The number of rotatable bonds is 9. The van der Waals surface area contributed by atoms with E-state index in [2.05, 4.69) is 32.3 Å². The number of benzene rings is 2. The van der Waals surface area contributed by atoms with Crippen LogP contribution in [-0.4, -0.2) is 11.6 Å². The number of hydrogen-bond acceptors (Lipinski definition) is 4.